The van der Waals surface area contributed by atoms with Crippen LogP contribution >= 0.6 is 27.5 Å². The molecular weight excluding hydrogens is 344 g/mol. The summed E-state index contributed by atoms with van der Waals surface area (Å²) in [4.78, 5) is 10.5. The maximum absolute atomic E-state index is 10.9. The van der Waals surface area contributed by atoms with E-state index in [-0.39, 0.29) is 5.69 Å². The van der Waals surface area contributed by atoms with Crippen LogP contribution < -0.4 is 5.32 Å². The molecule has 1 N–H and O–H groups in total. The summed E-state index contributed by atoms with van der Waals surface area (Å²) in [5.41, 5.74) is 2.73. The quantitative estimate of drug-likeness (QED) is 0.625. The van der Waals surface area contributed by atoms with E-state index in [1.54, 1.807) is 12.1 Å². The zero-order chi connectivity index (χ0) is 14.7. The molecular formula is C14H12BrClN2O2. The van der Waals surface area contributed by atoms with Crippen molar-refractivity contribution in [2.45, 2.75) is 13.5 Å². The van der Waals surface area contributed by atoms with Gasteiger partial charge in [-0.2, -0.15) is 0 Å². The molecule has 0 unspecified atom stereocenters. The third-order valence-electron chi connectivity index (χ3n) is 2.93. The largest absolute Gasteiger partial charge is 0.380 e. The zero-order valence-electron chi connectivity index (χ0n) is 10.7. The Balaban J connectivity index is 2.24. The van der Waals surface area contributed by atoms with Crippen LogP contribution in [-0.2, 0) is 6.54 Å². The summed E-state index contributed by atoms with van der Waals surface area (Å²) < 4.78 is 0.488. The maximum Gasteiger partial charge on any atom is 0.283 e. The van der Waals surface area contributed by atoms with Crippen LogP contribution in [0.4, 0.5) is 11.4 Å². The summed E-state index contributed by atoms with van der Waals surface area (Å²) in [5.74, 6) is 0. The van der Waals surface area contributed by atoms with Crippen LogP contribution in [0.5, 0.6) is 0 Å². The lowest BCUT2D eigenvalue weighted by molar-refractivity contribution is -0.385. The first-order chi connectivity index (χ1) is 9.50. The lowest BCUT2D eigenvalue weighted by Gasteiger charge is -2.12. The summed E-state index contributed by atoms with van der Waals surface area (Å²) in [7, 11) is 0. The first-order valence-electron chi connectivity index (χ1n) is 5.91. The zero-order valence-corrected chi connectivity index (χ0v) is 13.0. The van der Waals surface area contributed by atoms with Gasteiger partial charge in [0, 0.05) is 12.6 Å². The van der Waals surface area contributed by atoms with Gasteiger partial charge in [0.05, 0.1) is 15.6 Å². The molecule has 0 aliphatic carbocycles. The van der Waals surface area contributed by atoms with Gasteiger partial charge < -0.3 is 5.32 Å². The number of hydrogen-bond acceptors (Lipinski definition) is 3. The van der Waals surface area contributed by atoms with Crippen LogP contribution in [0.25, 0.3) is 0 Å². The van der Waals surface area contributed by atoms with Crippen molar-refractivity contribution in [3.63, 3.8) is 0 Å². The number of nitro benzene ring substituents is 1. The Morgan fingerprint density at radius 1 is 1.30 bits per heavy atom. The summed E-state index contributed by atoms with van der Waals surface area (Å²) in [6, 6.07) is 10.6. The molecule has 0 fully saturated rings. The Kier molecular flexibility index (Phi) is 4.62. The van der Waals surface area contributed by atoms with E-state index in [0.717, 1.165) is 16.8 Å². The Hall–Kier alpha value is -1.59. The summed E-state index contributed by atoms with van der Waals surface area (Å²) in [6.07, 6.45) is 0. The van der Waals surface area contributed by atoms with Crippen molar-refractivity contribution in [1.29, 1.82) is 0 Å². The predicted octanol–water partition coefficient (Wildman–Crippen LogP) is 4.93. The van der Waals surface area contributed by atoms with Crippen LogP contribution in [0.2, 0.25) is 5.02 Å². The third-order valence-corrected chi connectivity index (χ3v) is 4.16. The first-order valence-corrected chi connectivity index (χ1v) is 7.08. The first kappa shape index (κ1) is 14.8. The Morgan fingerprint density at radius 3 is 2.65 bits per heavy atom. The molecule has 0 atom stereocenters. The number of nitrogens with one attached hydrogen (secondary N) is 1. The molecule has 0 aromatic heterocycles. The van der Waals surface area contributed by atoms with Crippen molar-refractivity contribution in [3.05, 3.63) is 67.1 Å². The van der Waals surface area contributed by atoms with Crippen molar-refractivity contribution in [2.75, 3.05) is 5.32 Å². The van der Waals surface area contributed by atoms with E-state index < -0.39 is 4.92 Å². The lowest BCUT2D eigenvalue weighted by atomic mass is 10.1. The van der Waals surface area contributed by atoms with Gasteiger partial charge in [-0.25, -0.2) is 0 Å². The maximum atomic E-state index is 10.9. The molecule has 0 heterocycles. The van der Waals surface area contributed by atoms with Gasteiger partial charge in [0.25, 0.3) is 5.69 Å². The van der Waals surface area contributed by atoms with E-state index in [2.05, 4.69) is 21.2 Å². The topological polar surface area (TPSA) is 55.2 Å². The summed E-state index contributed by atoms with van der Waals surface area (Å²) >= 11 is 9.41. The minimum Gasteiger partial charge on any atom is -0.380 e. The molecule has 104 valence electrons. The number of benzene rings is 2. The van der Waals surface area contributed by atoms with Gasteiger partial charge >= 0.3 is 0 Å². The van der Waals surface area contributed by atoms with Gasteiger partial charge in [-0.05, 0) is 40.0 Å². The second-order valence-corrected chi connectivity index (χ2v) is 5.49. The fourth-order valence-corrected chi connectivity index (χ4v) is 2.72. The van der Waals surface area contributed by atoms with Gasteiger partial charge in [0.2, 0.25) is 0 Å². The third kappa shape index (κ3) is 3.11. The number of para-hydroxylation sites is 1. The molecule has 0 aliphatic rings. The van der Waals surface area contributed by atoms with Crippen molar-refractivity contribution in [1.82, 2.24) is 0 Å². The Bertz CT molecular complexity index is 641. The number of anilines is 1. The Morgan fingerprint density at radius 2 is 2.00 bits per heavy atom. The van der Waals surface area contributed by atoms with E-state index in [1.807, 2.05) is 25.1 Å². The molecule has 0 saturated carbocycles. The van der Waals surface area contributed by atoms with Crippen LogP contribution in [-0.4, -0.2) is 4.92 Å². The highest BCUT2D eigenvalue weighted by atomic mass is 79.9. The molecule has 0 radical (unpaired) electrons. The molecule has 2 aromatic carbocycles. The molecule has 0 bridgehead atoms. The molecule has 0 amide bonds. The van der Waals surface area contributed by atoms with E-state index in [9.17, 15) is 10.1 Å². The van der Waals surface area contributed by atoms with E-state index in [4.69, 9.17) is 11.6 Å². The average Bonchev–Trinajstić information content (AvgIpc) is 2.39. The summed E-state index contributed by atoms with van der Waals surface area (Å²) in [6.45, 7) is 2.41. The van der Waals surface area contributed by atoms with Crippen molar-refractivity contribution in [3.8, 4) is 0 Å². The van der Waals surface area contributed by atoms with Crippen molar-refractivity contribution < 1.29 is 4.92 Å². The predicted molar refractivity (Wildman–Crippen MR) is 84.3 cm³/mol. The highest BCUT2D eigenvalue weighted by Crippen LogP contribution is 2.30. The minimum absolute atomic E-state index is 0.0557. The molecule has 4 nitrogen and oxygen atoms in total. The molecule has 0 saturated heterocycles. The number of nitro groups is 1. The van der Waals surface area contributed by atoms with Gasteiger partial charge in [0.15, 0.2) is 0 Å². The monoisotopic (exact) mass is 354 g/mol. The fourth-order valence-electron chi connectivity index (χ4n) is 1.88. The normalized spacial score (nSPS) is 10.3. The van der Waals surface area contributed by atoms with E-state index in [1.165, 1.54) is 6.07 Å². The number of rotatable bonds is 4. The van der Waals surface area contributed by atoms with Crippen LogP contribution in [0.15, 0.2) is 40.9 Å². The number of nitrogens with zero attached hydrogens (tertiary/aromatic N) is 1. The molecule has 2 rings (SSSR count). The van der Waals surface area contributed by atoms with Gasteiger partial charge in [-0.1, -0.05) is 35.9 Å². The smallest absolute Gasteiger partial charge is 0.283 e. The molecule has 2 aromatic rings. The van der Waals surface area contributed by atoms with Crippen molar-refractivity contribution in [2.24, 2.45) is 0 Å². The second kappa shape index (κ2) is 6.24. The van der Waals surface area contributed by atoms with Gasteiger partial charge in [0.1, 0.15) is 4.47 Å². The van der Waals surface area contributed by atoms with Crippen LogP contribution in [0.3, 0.4) is 0 Å². The number of aryl methyl sites for hydroxylation is 1. The Labute approximate surface area is 130 Å². The number of hydrogen-bond donors (Lipinski definition) is 1. The highest BCUT2D eigenvalue weighted by molar-refractivity contribution is 9.10. The van der Waals surface area contributed by atoms with Crippen molar-refractivity contribution >= 4 is 38.9 Å². The van der Waals surface area contributed by atoms with Crippen LogP contribution in [0.1, 0.15) is 11.1 Å². The molecule has 0 spiro atoms. The minimum atomic E-state index is -0.408. The fraction of sp³-hybridized carbons (Fsp3) is 0.143. The number of halogens is 2. The SMILES string of the molecule is Cc1cccc(Cl)c1NCc1cccc([N+](=O)[O-])c1Br. The molecule has 0 aliphatic heterocycles. The molecule has 20 heavy (non-hydrogen) atoms. The van der Waals surface area contributed by atoms with Gasteiger partial charge in [-0.15, -0.1) is 0 Å². The molecule has 6 heteroatoms. The standard InChI is InChI=1S/C14H12BrClN2O2/c1-9-4-2-6-11(16)14(9)17-8-10-5-3-7-12(13(10)15)18(19)20/h2-7,17H,8H2,1H3. The highest BCUT2D eigenvalue weighted by Gasteiger charge is 2.14. The lowest BCUT2D eigenvalue weighted by Crippen LogP contribution is -2.03. The van der Waals surface area contributed by atoms with E-state index in [0.29, 0.717) is 16.0 Å². The average molecular weight is 356 g/mol. The second-order valence-electron chi connectivity index (χ2n) is 4.29. The van der Waals surface area contributed by atoms with Gasteiger partial charge in [-0.3, -0.25) is 10.1 Å². The summed E-state index contributed by atoms with van der Waals surface area (Å²) in [5, 5.41) is 14.7. The van der Waals surface area contributed by atoms with E-state index >= 15 is 0 Å². The van der Waals surface area contributed by atoms with Crippen LogP contribution in [0, 0.1) is 17.0 Å².